The molecule has 1 aromatic heterocycles. The number of nitrogen functional groups attached to an aromatic ring is 1. The SMILES string of the molecule is CC(C)(C)c1ccc(-c2nc3c(O)c4c(c(O)c3[nH]2)C(C)(C)C(C)(C)C4(C)C)c(N)c1. The smallest absolute Gasteiger partial charge is 0.147 e. The van der Waals surface area contributed by atoms with Crippen LogP contribution in [-0.4, -0.2) is 20.2 Å². The van der Waals surface area contributed by atoms with E-state index in [4.69, 9.17) is 5.73 Å². The van der Waals surface area contributed by atoms with Crippen LogP contribution in [0.3, 0.4) is 0 Å². The number of phenolic OH excluding ortho intramolecular Hbond substituents is 2. The van der Waals surface area contributed by atoms with Gasteiger partial charge in [0.05, 0.1) is 0 Å². The van der Waals surface area contributed by atoms with Crippen molar-refractivity contribution in [3.8, 4) is 22.9 Å². The molecule has 0 saturated carbocycles. The maximum absolute atomic E-state index is 11.4. The van der Waals surface area contributed by atoms with E-state index in [1.807, 2.05) is 18.2 Å². The van der Waals surface area contributed by atoms with E-state index in [9.17, 15) is 10.2 Å². The Labute approximate surface area is 184 Å². The van der Waals surface area contributed by atoms with Crippen molar-refractivity contribution in [1.29, 1.82) is 0 Å². The molecule has 0 saturated heterocycles. The number of anilines is 1. The Balaban J connectivity index is 1.99. The summed E-state index contributed by atoms with van der Waals surface area (Å²) in [7, 11) is 0. The van der Waals surface area contributed by atoms with E-state index in [1.165, 1.54) is 0 Å². The molecule has 0 bridgehead atoms. The lowest BCUT2D eigenvalue weighted by atomic mass is 9.59. The summed E-state index contributed by atoms with van der Waals surface area (Å²) in [6.07, 6.45) is 0. The van der Waals surface area contributed by atoms with Gasteiger partial charge < -0.3 is 20.9 Å². The van der Waals surface area contributed by atoms with E-state index in [0.29, 0.717) is 22.5 Å². The highest BCUT2D eigenvalue weighted by Gasteiger charge is 2.59. The van der Waals surface area contributed by atoms with Gasteiger partial charge in [-0.25, -0.2) is 4.98 Å². The average molecular weight is 422 g/mol. The van der Waals surface area contributed by atoms with Crippen molar-refractivity contribution in [3.63, 3.8) is 0 Å². The van der Waals surface area contributed by atoms with Gasteiger partial charge in [0.15, 0.2) is 0 Å². The van der Waals surface area contributed by atoms with Crippen LogP contribution in [0.5, 0.6) is 11.5 Å². The Morgan fingerprint density at radius 1 is 0.903 bits per heavy atom. The molecule has 2 aromatic carbocycles. The third-order valence-corrected chi connectivity index (χ3v) is 8.44. The maximum atomic E-state index is 11.4. The number of fused-ring (bicyclic) bond motifs is 2. The average Bonchev–Trinajstić information content (AvgIpc) is 3.12. The molecule has 166 valence electrons. The number of phenols is 2. The molecule has 0 atom stereocenters. The van der Waals surface area contributed by atoms with Gasteiger partial charge in [-0.05, 0) is 39.4 Å². The lowest BCUT2D eigenvalue weighted by Crippen LogP contribution is -2.42. The summed E-state index contributed by atoms with van der Waals surface area (Å²) in [5.41, 5.74) is 10.4. The summed E-state index contributed by atoms with van der Waals surface area (Å²) < 4.78 is 0. The number of nitrogens with one attached hydrogen (secondary N) is 1. The number of H-pyrrole nitrogens is 1. The summed E-state index contributed by atoms with van der Waals surface area (Å²) in [6, 6.07) is 5.97. The largest absolute Gasteiger partial charge is 0.505 e. The van der Waals surface area contributed by atoms with E-state index in [-0.39, 0.29) is 33.2 Å². The maximum Gasteiger partial charge on any atom is 0.147 e. The van der Waals surface area contributed by atoms with Crippen LogP contribution in [0.15, 0.2) is 18.2 Å². The molecular weight excluding hydrogens is 386 g/mol. The quantitative estimate of drug-likeness (QED) is 0.281. The van der Waals surface area contributed by atoms with Gasteiger partial charge in [0.1, 0.15) is 28.4 Å². The molecule has 0 fully saturated rings. The van der Waals surface area contributed by atoms with Crippen molar-refractivity contribution in [2.24, 2.45) is 5.41 Å². The molecule has 3 aromatic rings. The van der Waals surface area contributed by atoms with Crippen LogP contribution >= 0.6 is 0 Å². The normalized spacial score (nSPS) is 19.0. The number of nitrogens with zero attached hydrogens (tertiary/aromatic N) is 1. The summed E-state index contributed by atoms with van der Waals surface area (Å²) in [5, 5.41) is 22.7. The number of hydrogen-bond donors (Lipinski definition) is 4. The highest BCUT2D eigenvalue weighted by Crippen LogP contribution is 2.66. The summed E-state index contributed by atoms with van der Waals surface area (Å²) in [6.45, 7) is 19.3. The molecule has 4 rings (SSSR count). The van der Waals surface area contributed by atoms with Crippen LogP contribution < -0.4 is 5.73 Å². The molecule has 5 nitrogen and oxygen atoms in total. The molecule has 0 spiro atoms. The highest BCUT2D eigenvalue weighted by atomic mass is 16.3. The van der Waals surface area contributed by atoms with Crippen molar-refractivity contribution >= 4 is 16.7 Å². The molecule has 0 aliphatic heterocycles. The summed E-state index contributed by atoms with van der Waals surface area (Å²) >= 11 is 0. The summed E-state index contributed by atoms with van der Waals surface area (Å²) in [4.78, 5) is 7.93. The third-order valence-electron chi connectivity index (χ3n) is 8.44. The second kappa shape index (κ2) is 5.96. The van der Waals surface area contributed by atoms with Crippen LogP contribution in [0.25, 0.3) is 22.4 Å². The van der Waals surface area contributed by atoms with Gasteiger partial charge in [0.25, 0.3) is 0 Å². The lowest BCUT2D eigenvalue weighted by Gasteiger charge is -2.44. The second-order valence-electron chi connectivity index (χ2n) is 11.7. The lowest BCUT2D eigenvalue weighted by molar-refractivity contribution is 0.123. The van der Waals surface area contributed by atoms with E-state index in [2.05, 4.69) is 72.3 Å². The van der Waals surface area contributed by atoms with Crippen molar-refractivity contribution < 1.29 is 10.2 Å². The molecule has 0 radical (unpaired) electrons. The van der Waals surface area contributed by atoms with Crippen molar-refractivity contribution in [2.75, 3.05) is 5.73 Å². The van der Waals surface area contributed by atoms with Crippen LogP contribution in [0.1, 0.15) is 79.0 Å². The number of benzene rings is 2. The molecule has 1 aliphatic rings. The van der Waals surface area contributed by atoms with Gasteiger partial charge in [-0.15, -0.1) is 0 Å². The Morgan fingerprint density at radius 2 is 1.45 bits per heavy atom. The van der Waals surface area contributed by atoms with Crippen molar-refractivity contribution in [3.05, 3.63) is 34.9 Å². The number of imidazole rings is 1. The van der Waals surface area contributed by atoms with Crippen molar-refractivity contribution in [2.45, 2.75) is 78.6 Å². The monoisotopic (exact) mass is 421 g/mol. The zero-order valence-corrected chi connectivity index (χ0v) is 20.2. The topological polar surface area (TPSA) is 95.2 Å². The molecule has 0 amide bonds. The van der Waals surface area contributed by atoms with Crippen LogP contribution in [0.2, 0.25) is 0 Å². The van der Waals surface area contributed by atoms with E-state index >= 15 is 0 Å². The minimum absolute atomic E-state index is 0.0121. The minimum atomic E-state index is -0.353. The number of aromatic hydroxyl groups is 2. The zero-order valence-electron chi connectivity index (χ0n) is 20.2. The first-order valence-corrected chi connectivity index (χ1v) is 10.9. The number of hydrogen-bond acceptors (Lipinski definition) is 4. The van der Waals surface area contributed by atoms with E-state index in [1.54, 1.807) is 0 Å². The van der Waals surface area contributed by atoms with Crippen LogP contribution in [-0.2, 0) is 16.2 Å². The highest BCUT2D eigenvalue weighted by molar-refractivity contribution is 5.94. The van der Waals surface area contributed by atoms with E-state index < -0.39 is 0 Å². The van der Waals surface area contributed by atoms with Gasteiger partial charge >= 0.3 is 0 Å². The third kappa shape index (κ3) is 2.58. The van der Waals surface area contributed by atoms with Crippen molar-refractivity contribution in [1.82, 2.24) is 9.97 Å². The first-order valence-electron chi connectivity index (χ1n) is 10.9. The Kier molecular flexibility index (Phi) is 4.14. The zero-order chi connectivity index (χ0) is 23.3. The molecule has 1 aliphatic carbocycles. The van der Waals surface area contributed by atoms with Gasteiger partial charge in [-0.3, -0.25) is 0 Å². The minimum Gasteiger partial charge on any atom is -0.505 e. The van der Waals surface area contributed by atoms with Gasteiger partial charge in [0, 0.05) is 22.4 Å². The van der Waals surface area contributed by atoms with Gasteiger partial charge in [-0.2, -0.15) is 0 Å². The molecular formula is C26H35N3O2. The fraction of sp³-hybridized carbons (Fsp3) is 0.500. The molecule has 5 N–H and O–H groups in total. The van der Waals surface area contributed by atoms with E-state index in [0.717, 1.165) is 22.3 Å². The van der Waals surface area contributed by atoms with Crippen LogP contribution in [0.4, 0.5) is 5.69 Å². The Bertz CT molecular complexity index is 1160. The first-order chi connectivity index (χ1) is 14.0. The number of aromatic nitrogens is 2. The van der Waals surface area contributed by atoms with Gasteiger partial charge in [-0.1, -0.05) is 68.4 Å². The molecule has 31 heavy (non-hydrogen) atoms. The second-order valence-corrected chi connectivity index (χ2v) is 11.7. The number of rotatable bonds is 1. The molecule has 0 unspecified atom stereocenters. The summed E-state index contributed by atoms with van der Waals surface area (Å²) in [5.74, 6) is 0.839. The Hall–Kier alpha value is -2.69. The van der Waals surface area contributed by atoms with Gasteiger partial charge in [0.2, 0.25) is 0 Å². The predicted molar refractivity (Wildman–Crippen MR) is 128 cm³/mol. The fourth-order valence-electron chi connectivity index (χ4n) is 5.19. The standard InChI is InChI=1S/C26H35N3O2/c1-23(2,3)13-10-11-14(15(27)12-13)22-28-18-19(29-22)21(31)17-16(20(18)30)24(4,5)26(8,9)25(17,6)7/h10-12,30-31H,27H2,1-9H3,(H,28,29). The Morgan fingerprint density at radius 3 is 1.97 bits per heavy atom. The first kappa shape index (κ1) is 21.5. The molecule has 1 heterocycles. The number of nitrogens with two attached hydrogens (primary N) is 1. The van der Waals surface area contributed by atoms with Crippen LogP contribution in [0, 0.1) is 5.41 Å². The predicted octanol–water partition coefficient (Wildman–Crippen LogP) is 6.12. The number of aromatic amines is 1. The molecule has 5 heteroatoms. The fourth-order valence-corrected chi connectivity index (χ4v) is 5.19.